The molecular formula is C18H13F4N3O2S. The van der Waals surface area contributed by atoms with E-state index in [4.69, 9.17) is 0 Å². The van der Waals surface area contributed by atoms with Crippen LogP contribution in [0.5, 0.6) is 0 Å². The largest absolute Gasteiger partial charge is 0.416 e. The van der Waals surface area contributed by atoms with E-state index < -0.39 is 34.6 Å². The van der Waals surface area contributed by atoms with Crippen LogP contribution in [0.15, 0.2) is 53.5 Å². The molecule has 146 valence electrons. The van der Waals surface area contributed by atoms with E-state index in [1.54, 1.807) is 6.07 Å². The van der Waals surface area contributed by atoms with Gasteiger partial charge >= 0.3 is 6.18 Å². The van der Waals surface area contributed by atoms with Crippen LogP contribution in [0.3, 0.4) is 0 Å². The number of para-hydroxylation sites is 1. The molecule has 1 saturated heterocycles. The topological polar surface area (TPSA) is 70.6 Å². The smallest absolute Gasteiger partial charge is 0.324 e. The zero-order valence-corrected chi connectivity index (χ0v) is 14.9. The number of alkyl halides is 3. The van der Waals surface area contributed by atoms with E-state index >= 15 is 0 Å². The number of anilines is 1. The number of nitrogens with zero attached hydrogens (tertiary/aromatic N) is 1. The summed E-state index contributed by atoms with van der Waals surface area (Å²) in [5, 5.41) is 4.07. The summed E-state index contributed by atoms with van der Waals surface area (Å²) in [6.45, 7) is 0. The first-order valence-corrected chi connectivity index (χ1v) is 8.88. The summed E-state index contributed by atoms with van der Waals surface area (Å²) in [7, 11) is 0. The number of rotatable bonds is 4. The van der Waals surface area contributed by atoms with E-state index in [1.807, 2.05) is 0 Å². The van der Waals surface area contributed by atoms with Crippen molar-refractivity contribution in [1.29, 1.82) is 0 Å². The second kappa shape index (κ2) is 8.01. The maximum absolute atomic E-state index is 13.6. The molecule has 3 rings (SSSR count). The molecule has 1 aliphatic rings. The Morgan fingerprint density at radius 3 is 2.64 bits per heavy atom. The lowest BCUT2D eigenvalue weighted by Gasteiger charge is -2.08. The van der Waals surface area contributed by atoms with Gasteiger partial charge in [0.15, 0.2) is 5.17 Å². The number of nitrogens with one attached hydrogen (secondary N) is 2. The molecular weight excluding hydrogens is 398 g/mol. The minimum Gasteiger partial charge on any atom is -0.324 e. The first-order chi connectivity index (χ1) is 13.2. The Bertz CT molecular complexity index is 946. The highest BCUT2D eigenvalue weighted by molar-refractivity contribution is 8.15. The molecule has 0 unspecified atom stereocenters. The van der Waals surface area contributed by atoms with Crippen molar-refractivity contribution in [1.82, 2.24) is 5.32 Å². The summed E-state index contributed by atoms with van der Waals surface area (Å²) in [6, 6.07) is 9.95. The standard InChI is InChI=1S/C18H13F4N3O2S/c19-12-6-1-2-7-13(12)24-15(26)9-14-16(27)25-17(28-14)23-11-5-3-4-10(8-11)18(20,21)22/h1-8,14H,9H2,(H,24,26)(H,23,25,27)/t14-/m1/s1. The van der Waals surface area contributed by atoms with Gasteiger partial charge in [-0.2, -0.15) is 13.2 Å². The number of carbonyl (C=O) groups is 2. The van der Waals surface area contributed by atoms with Crippen molar-refractivity contribution in [2.75, 3.05) is 5.32 Å². The Morgan fingerprint density at radius 1 is 1.18 bits per heavy atom. The predicted octanol–water partition coefficient (Wildman–Crippen LogP) is 4.09. The van der Waals surface area contributed by atoms with Gasteiger partial charge in [-0.25, -0.2) is 9.38 Å². The lowest BCUT2D eigenvalue weighted by Crippen LogP contribution is -2.28. The number of halogens is 4. The molecule has 1 heterocycles. The molecule has 28 heavy (non-hydrogen) atoms. The SMILES string of the molecule is O=C(C[C@H]1SC(=Nc2cccc(C(F)(F)F)c2)NC1=O)Nc1ccccc1F. The monoisotopic (exact) mass is 411 g/mol. The van der Waals surface area contributed by atoms with Gasteiger partial charge in [0, 0.05) is 6.42 Å². The number of benzene rings is 2. The van der Waals surface area contributed by atoms with Crippen molar-refractivity contribution in [3.05, 3.63) is 59.9 Å². The van der Waals surface area contributed by atoms with Gasteiger partial charge < -0.3 is 10.6 Å². The van der Waals surface area contributed by atoms with Crippen molar-refractivity contribution in [3.63, 3.8) is 0 Å². The van der Waals surface area contributed by atoms with Gasteiger partial charge in [-0.1, -0.05) is 30.0 Å². The molecule has 5 nitrogen and oxygen atoms in total. The van der Waals surface area contributed by atoms with Crippen LogP contribution in [-0.4, -0.2) is 22.2 Å². The second-order valence-corrected chi connectivity index (χ2v) is 6.98. The number of aliphatic imine (C=N–C) groups is 1. The highest BCUT2D eigenvalue weighted by atomic mass is 32.2. The van der Waals surface area contributed by atoms with Crippen molar-refractivity contribution >= 4 is 40.1 Å². The average Bonchev–Trinajstić information content (AvgIpc) is 2.95. The zero-order valence-electron chi connectivity index (χ0n) is 14.1. The lowest BCUT2D eigenvalue weighted by atomic mass is 10.2. The fourth-order valence-electron chi connectivity index (χ4n) is 2.39. The third kappa shape index (κ3) is 4.89. The van der Waals surface area contributed by atoms with Crippen LogP contribution in [0.1, 0.15) is 12.0 Å². The molecule has 2 aromatic rings. The van der Waals surface area contributed by atoms with Crippen LogP contribution in [0.2, 0.25) is 0 Å². The molecule has 2 N–H and O–H groups in total. The Kier molecular flexibility index (Phi) is 5.68. The van der Waals surface area contributed by atoms with Crippen molar-refractivity contribution < 1.29 is 27.2 Å². The number of carbonyl (C=O) groups excluding carboxylic acids is 2. The van der Waals surface area contributed by atoms with Crippen LogP contribution in [0, 0.1) is 5.82 Å². The van der Waals surface area contributed by atoms with E-state index in [2.05, 4.69) is 15.6 Å². The number of hydrogen-bond acceptors (Lipinski definition) is 4. The molecule has 0 aliphatic carbocycles. The summed E-state index contributed by atoms with van der Waals surface area (Å²) in [4.78, 5) is 28.1. The first kappa shape index (κ1) is 19.9. The molecule has 1 aliphatic heterocycles. The van der Waals surface area contributed by atoms with E-state index in [0.29, 0.717) is 0 Å². The van der Waals surface area contributed by atoms with Crippen LogP contribution >= 0.6 is 11.8 Å². The average molecular weight is 411 g/mol. The van der Waals surface area contributed by atoms with E-state index in [-0.39, 0.29) is 23.0 Å². The van der Waals surface area contributed by atoms with Gasteiger partial charge in [0.2, 0.25) is 11.8 Å². The third-order valence-electron chi connectivity index (χ3n) is 3.70. The fraction of sp³-hybridized carbons (Fsp3) is 0.167. The van der Waals surface area contributed by atoms with E-state index in [1.165, 1.54) is 30.3 Å². The summed E-state index contributed by atoms with van der Waals surface area (Å²) in [6.07, 6.45) is -4.75. The number of amides is 2. The molecule has 10 heteroatoms. The third-order valence-corrected chi connectivity index (χ3v) is 4.78. The zero-order chi connectivity index (χ0) is 20.3. The van der Waals surface area contributed by atoms with Gasteiger partial charge in [-0.15, -0.1) is 0 Å². The highest BCUT2D eigenvalue weighted by Gasteiger charge is 2.33. The van der Waals surface area contributed by atoms with Crippen LogP contribution in [0.25, 0.3) is 0 Å². The van der Waals surface area contributed by atoms with E-state index in [9.17, 15) is 27.2 Å². The van der Waals surface area contributed by atoms with Crippen LogP contribution < -0.4 is 10.6 Å². The summed E-state index contributed by atoms with van der Waals surface area (Å²) < 4.78 is 51.8. The second-order valence-electron chi connectivity index (χ2n) is 5.79. The molecule has 1 atom stereocenters. The molecule has 0 radical (unpaired) electrons. The van der Waals surface area contributed by atoms with Crippen molar-refractivity contribution in [2.24, 2.45) is 4.99 Å². The summed E-state index contributed by atoms with van der Waals surface area (Å²) >= 11 is 0.924. The normalized spacial score (nSPS) is 18.2. The van der Waals surface area contributed by atoms with Gasteiger partial charge in [0.05, 0.1) is 16.9 Å². The Balaban J connectivity index is 1.66. The Morgan fingerprint density at radius 2 is 1.93 bits per heavy atom. The van der Waals surface area contributed by atoms with Crippen LogP contribution in [-0.2, 0) is 15.8 Å². The lowest BCUT2D eigenvalue weighted by molar-refractivity contribution is -0.137. The van der Waals surface area contributed by atoms with Crippen LogP contribution in [0.4, 0.5) is 28.9 Å². The maximum Gasteiger partial charge on any atom is 0.416 e. The van der Waals surface area contributed by atoms with Gasteiger partial charge in [-0.3, -0.25) is 9.59 Å². The first-order valence-electron chi connectivity index (χ1n) is 8.00. The fourth-order valence-corrected chi connectivity index (χ4v) is 3.38. The van der Waals surface area contributed by atoms with Crippen molar-refractivity contribution in [2.45, 2.75) is 17.8 Å². The summed E-state index contributed by atoms with van der Waals surface area (Å²) in [5.74, 6) is -1.68. The van der Waals surface area contributed by atoms with Crippen molar-refractivity contribution in [3.8, 4) is 0 Å². The Hall–Kier alpha value is -2.88. The van der Waals surface area contributed by atoms with E-state index in [0.717, 1.165) is 23.9 Å². The molecule has 2 aromatic carbocycles. The number of amidine groups is 1. The minimum atomic E-state index is -4.50. The molecule has 0 spiro atoms. The molecule has 1 fully saturated rings. The van der Waals surface area contributed by atoms with Gasteiger partial charge in [0.1, 0.15) is 11.1 Å². The van der Waals surface area contributed by atoms with Gasteiger partial charge in [-0.05, 0) is 30.3 Å². The predicted molar refractivity (Wildman–Crippen MR) is 97.7 cm³/mol. The van der Waals surface area contributed by atoms with Gasteiger partial charge in [0.25, 0.3) is 0 Å². The molecule has 0 bridgehead atoms. The Labute approximate surface area is 161 Å². The minimum absolute atomic E-state index is 0.00578. The number of hydrogen-bond donors (Lipinski definition) is 2. The maximum atomic E-state index is 13.6. The number of thioether (sulfide) groups is 1. The highest BCUT2D eigenvalue weighted by Crippen LogP contribution is 2.32. The molecule has 0 aromatic heterocycles. The quantitative estimate of drug-likeness (QED) is 0.745. The molecule has 0 saturated carbocycles. The summed E-state index contributed by atoms with van der Waals surface area (Å²) in [5.41, 5.74) is -0.840. The molecule has 2 amide bonds.